The highest BCUT2D eigenvalue weighted by molar-refractivity contribution is 9.11. The molecule has 1 aromatic carbocycles. The van der Waals surface area contributed by atoms with Crippen LogP contribution in [0.15, 0.2) is 21.1 Å². The number of benzene rings is 1. The first-order valence-corrected chi connectivity index (χ1v) is 7.59. The van der Waals surface area contributed by atoms with E-state index in [1.807, 2.05) is 19.1 Å². The average Bonchev–Trinajstić information content (AvgIpc) is 2.34. The Morgan fingerprint density at radius 2 is 1.94 bits per heavy atom. The Balaban J connectivity index is 2.74. The molecule has 0 bridgehead atoms. The maximum absolute atomic E-state index is 8.98. The summed E-state index contributed by atoms with van der Waals surface area (Å²) in [5, 5.41) is 12.3. The lowest BCUT2D eigenvalue weighted by atomic mass is 10.2. The van der Waals surface area contributed by atoms with Crippen molar-refractivity contribution in [2.24, 2.45) is 5.92 Å². The Morgan fingerprint density at radius 3 is 2.44 bits per heavy atom. The largest absolute Gasteiger partial charge is 0.491 e. The second kappa shape index (κ2) is 8.15. The molecule has 0 saturated carbocycles. The minimum Gasteiger partial charge on any atom is -0.491 e. The molecule has 18 heavy (non-hydrogen) atoms. The number of rotatable bonds is 7. The zero-order valence-corrected chi connectivity index (χ0v) is 13.8. The molecule has 0 saturated heterocycles. The van der Waals surface area contributed by atoms with Crippen LogP contribution < -0.4 is 10.1 Å². The number of hydrogen-bond acceptors (Lipinski definition) is 3. The van der Waals surface area contributed by atoms with E-state index in [2.05, 4.69) is 44.1 Å². The maximum atomic E-state index is 8.98. The number of ether oxygens (including phenoxy) is 1. The molecule has 5 heteroatoms. The molecule has 0 spiro atoms. The molecule has 0 aliphatic rings. The van der Waals surface area contributed by atoms with Crippen molar-refractivity contribution >= 4 is 31.9 Å². The molecule has 1 rings (SSSR count). The van der Waals surface area contributed by atoms with Gasteiger partial charge in [0.1, 0.15) is 5.75 Å². The number of nitrogens with one attached hydrogen (secondary N) is 1. The number of hydrogen-bond donors (Lipinski definition) is 2. The van der Waals surface area contributed by atoms with Crippen LogP contribution in [0.2, 0.25) is 0 Å². The van der Waals surface area contributed by atoms with Crippen molar-refractivity contribution in [3.8, 4) is 5.75 Å². The number of aliphatic hydroxyl groups is 1. The molecule has 0 aromatic heterocycles. The Morgan fingerprint density at radius 1 is 1.33 bits per heavy atom. The van der Waals surface area contributed by atoms with Gasteiger partial charge in [-0.15, -0.1) is 0 Å². The second-order valence-electron chi connectivity index (χ2n) is 4.27. The van der Waals surface area contributed by atoms with E-state index in [4.69, 9.17) is 9.84 Å². The highest BCUT2D eigenvalue weighted by atomic mass is 79.9. The van der Waals surface area contributed by atoms with Crippen LogP contribution >= 0.6 is 31.9 Å². The number of halogens is 2. The van der Waals surface area contributed by atoms with Crippen molar-refractivity contribution in [2.45, 2.75) is 20.4 Å². The van der Waals surface area contributed by atoms with Crippen LogP contribution in [0.4, 0.5) is 0 Å². The summed E-state index contributed by atoms with van der Waals surface area (Å²) in [6, 6.07) is 4.10. The molecule has 0 radical (unpaired) electrons. The third kappa shape index (κ3) is 4.88. The lowest BCUT2D eigenvalue weighted by Crippen LogP contribution is -2.13. The molecular weight excluding hydrogens is 362 g/mol. The predicted molar refractivity (Wildman–Crippen MR) is 81.0 cm³/mol. The van der Waals surface area contributed by atoms with Crippen molar-refractivity contribution in [3.63, 3.8) is 0 Å². The zero-order valence-electron chi connectivity index (χ0n) is 10.7. The van der Waals surface area contributed by atoms with E-state index < -0.39 is 0 Å². The summed E-state index contributed by atoms with van der Waals surface area (Å²) in [4.78, 5) is 0. The Bertz CT molecular complexity index is 362. The third-order valence-corrected chi connectivity index (χ3v) is 3.64. The van der Waals surface area contributed by atoms with Crippen molar-refractivity contribution in [2.75, 3.05) is 19.8 Å². The molecule has 2 N–H and O–H groups in total. The lowest BCUT2D eigenvalue weighted by molar-refractivity contribution is 0.173. The van der Waals surface area contributed by atoms with Gasteiger partial charge < -0.3 is 15.2 Å². The Kier molecular flexibility index (Phi) is 7.22. The summed E-state index contributed by atoms with van der Waals surface area (Å²) in [6.07, 6.45) is 0. The predicted octanol–water partition coefficient (Wildman–Crippen LogP) is 3.33. The SMILES string of the molecule is CCNCc1cc(Br)c(OCC(C)CO)c(Br)c1. The summed E-state index contributed by atoms with van der Waals surface area (Å²) in [5.41, 5.74) is 1.19. The first kappa shape index (κ1) is 16.0. The van der Waals surface area contributed by atoms with E-state index in [0.717, 1.165) is 27.8 Å². The molecule has 102 valence electrons. The summed E-state index contributed by atoms with van der Waals surface area (Å²) in [5.74, 6) is 0.917. The third-order valence-electron chi connectivity index (χ3n) is 2.46. The van der Waals surface area contributed by atoms with E-state index in [1.165, 1.54) is 5.56 Å². The van der Waals surface area contributed by atoms with E-state index in [-0.39, 0.29) is 12.5 Å². The topological polar surface area (TPSA) is 41.5 Å². The molecule has 1 atom stereocenters. The molecule has 0 amide bonds. The summed E-state index contributed by atoms with van der Waals surface area (Å²) >= 11 is 7.03. The second-order valence-corrected chi connectivity index (χ2v) is 5.98. The van der Waals surface area contributed by atoms with Gasteiger partial charge in [0, 0.05) is 19.1 Å². The van der Waals surface area contributed by atoms with Crippen LogP contribution in [-0.2, 0) is 6.54 Å². The fraction of sp³-hybridized carbons (Fsp3) is 0.538. The lowest BCUT2D eigenvalue weighted by Gasteiger charge is -2.14. The van der Waals surface area contributed by atoms with Gasteiger partial charge in [-0.05, 0) is 56.1 Å². The Labute approximate surface area is 125 Å². The highest BCUT2D eigenvalue weighted by Gasteiger charge is 2.10. The van der Waals surface area contributed by atoms with Gasteiger partial charge in [-0.3, -0.25) is 0 Å². The molecular formula is C13H19Br2NO2. The monoisotopic (exact) mass is 379 g/mol. The van der Waals surface area contributed by atoms with Gasteiger partial charge in [0.2, 0.25) is 0 Å². The van der Waals surface area contributed by atoms with Crippen LogP contribution in [0, 0.1) is 5.92 Å². The molecule has 0 aliphatic heterocycles. The van der Waals surface area contributed by atoms with Crippen molar-refractivity contribution in [1.29, 1.82) is 0 Å². The Hall–Kier alpha value is -0.100. The average molecular weight is 381 g/mol. The zero-order chi connectivity index (χ0) is 13.5. The first-order chi connectivity index (χ1) is 8.58. The van der Waals surface area contributed by atoms with Crippen LogP contribution in [0.25, 0.3) is 0 Å². The number of aliphatic hydroxyl groups excluding tert-OH is 1. The van der Waals surface area contributed by atoms with Gasteiger partial charge in [0.05, 0.1) is 15.6 Å². The highest BCUT2D eigenvalue weighted by Crippen LogP contribution is 2.35. The van der Waals surface area contributed by atoms with Crippen molar-refractivity contribution in [1.82, 2.24) is 5.32 Å². The smallest absolute Gasteiger partial charge is 0.147 e. The summed E-state index contributed by atoms with van der Waals surface area (Å²) in [7, 11) is 0. The van der Waals surface area contributed by atoms with Gasteiger partial charge in [-0.1, -0.05) is 13.8 Å². The van der Waals surface area contributed by atoms with Crippen LogP contribution in [0.1, 0.15) is 19.4 Å². The van der Waals surface area contributed by atoms with E-state index in [1.54, 1.807) is 0 Å². The van der Waals surface area contributed by atoms with Gasteiger partial charge in [0.25, 0.3) is 0 Å². The summed E-state index contributed by atoms with van der Waals surface area (Å²) < 4.78 is 7.56. The molecule has 1 aromatic rings. The quantitative estimate of drug-likeness (QED) is 0.762. The standard InChI is InChI=1S/C13H19Br2NO2/c1-3-16-6-10-4-11(14)13(12(15)5-10)18-8-9(2)7-17/h4-5,9,16-17H,3,6-8H2,1-2H3. The van der Waals surface area contributed by atoms with E-state index in [0.29, 0.717) is 6.61 Å². The van der Waals surface area contributed by atoms with Crippen molar-refractivity contribution < 1.29 is 9.84 Å². The van der Waals surface area contributed by atoms with Gasteiger partial charge >= 0.3 is 0 Å². The first-order valence-electron chi connectivity index (χ1n) is 6.00. The molecule has 1 unspecified atom stereocenters. The van der Waals surface area contributed by atoms with Crippen LogP contribution in [0.5, 0.6) is 5.75 Å². The molecule has 0 aliphatic carbocycles. The fourth-order valence-electron chi connectivity index (χ4n) is 1.40. The molecule has 0 heterocycles. The van der Waals surface area contributed by atoms with E-state index >= 15 is 0 Å². The van der Waals surface area contributed by atoms with Gasteiger partial charge in [-0.25, -0.2) is 0 Å². The van der Waals surface area contributed by atoms with E-state index in [9.17, 15) is 0 Å². The minimum atomic E-state index is 0.130. The normalized spacial score (nSPS) is 12.5. The van der Waals surface area contributed by atoms with Crippen LogP contribution in [-0.4, -0.2) is 24.9 Å². The maximum Gasteiger partial charge on any atom is 0.147 e. The van der Waals surface area contributed by atoms with Gasteiger partial charge in [-0.2, -0.15) is 0 Å². The minimum absolute atomic E-state index is 0.130. The molecule has 3 nitrogen and oxygen atoms in total. The van der Waals surface area contributed by atoms with Crippen LogP contribution in [0.3, 0.4) is 0 Å². The fourth-order valence-corrected chi connectivity index (χ4v) is 2.91. The summed E-state index contributed by atoms with van der Waals surface area (Å²) in [6.45, 7) is 6.44. The van der Waals surface area contributed by atoms with Crippen molar-refractivity contribution in [3.05, 3.63) is 26.6 Å². The van der Waals surface area contributed by atoms with Gasteiger partial charge in [0.15, 0.2) is 0 Å². The molecule has 0 fully saturated rings.